The number of nitrogens with zero attached hydrogens (tertiary/aromatic N) is 5. The van der Waals surface area contributed by atoms with E-state index in [1.165, 1.54) is 26.2 Å². The van der Waals surface area contributed by atoms with Crippen LogP contribution in [0.15, 0.2) is 24.4 Å². The SMILES string of the molecule is Cc1cc(CNC(=O)Nc2cc(OC3CCOC3)nc(C(F)(F)F)c2)nnc1-c1cn(C)nc1C(F)(F)F. The van der Waals surface area contributed by atoms with Crippen LogP contribution in [0.3, 0.4) is 0 Å². The highest BCUT2D eigenvalue weighted by Gasteiger charge is 2.38. The van der Waals surface area contributed by atoms with E-state index in [0.717, 1.165) is 10.7 Å². The average molecular weight is 545 g/mol. The smallest absolute Gasteiger partial charge is 0.435 e. The van der Waals surface area contributed by atoms with Crippen LogP contribution in [0.1, 0.15) is 29.1 Å². The van der Waals surface area contributed by atoms with Crippen molar-refractivity contribution in [2.24, 2.45) is 7.05 Å². The van der Waals surface area contributed by atoms with Gasteiger partial charge in [-0.2, -0.15) is 36.5 Å². The number of pyridine rings is 1. The van der Waals surface area contributed by atoms with Crippen molar-refractivity contribution in [3.8, 4) is 17.1 Å². The molecule has 1 atom stereocenters. The zero-order chi connectivity index (χ0) is 27.7. The lowest BCUT2D eigenvalue weighted by Crippen LogP contribution is -2.29. The fourth-order valence-corrected chi connectivity index (χ4v) is 3.67. The minimum absolute atomic E-state index is 0.0321. The summed E-state index contributed by atoms with van der Waals surface area (Å²) in [6, 6.07) is 2.37. The molecule has 1 saturated heterocycles. The molecule has 10 nitrogen and oxygen atoms in total. The van der Waals surface area contributed by atoms with Gasteiger partial charge in [0.05, 0.1) is 36.7 Å². The number of hydrogen-bond acceptors (Lipinski definition) is 7. The highest BCUT2D eigenvalue weighted by atomic mass is 19.4. The van der Waals surface area contributed by atoms with E-state index in [-0.39, 0.29) is 41.7 Å². The summed E-state index contributed by atoms with van der Waals surface area (Å²) in [5, 5.41) is 15.9. The van der Waals surface area contributed by atoms with Gasteiger partial charge in [-0.15, -0.1) is 5.10 Å². The van der Waals surface area contributed by atoms with Gasteiger partial charge in [-0.1, -0.05) is 0 Å². The number of nitrogens with one attached hydrogen (secondary N) is 2. The Bertz CT molecular complexity index is 1320. The number of alkyl halides is 6. The third-order valence-electron chi connectivity index (χ3n) is 5.34. The molecular formula is C22H21F6N7O3. The molecule has 0 spiro atoms. The number of aromatic nitrogens is 5. The van der Waals surface area contributed by atoms with Crippen molar-refractivity contribution in [1.29, 1.82) is 0 Å². The maximum absolute atomic E-state index is 13.3. The summed E-state index contributed by atoms with van der Waals surface area (Å²) in [7, 11) is 1.34. The normalized spacial score (nSPS) is 15.9. The molecular weight excluding hydrogens is 524 g/mol. The number of urea groups is 1. The summed E-state index contributed by atoms with van der Waals surface area (Å²) in [6.45, 7) is 1.93. The Balaban J connectivity index is 1.44. The van der Waals surface area contributed by atoms with Gasteiger partial charge >= 0.3 is 18.4 Å². The molecule has 0 bridgehead atoms. The molecule has 1 aliphatic rings. The first kappa shape index (κ1) is 27.1. The molecule has 3 aromatic heterocycles. The van der Waals surface area contributed by atoms with Gasteiger partial charge in [0.1, 0.15) is 6.10 Å². The summed E-state index contributed by atoms with van der Waals surface area (Å²) < 4.78 is 91.4. The molecule has 0 aromatic carbocycles. The van der Waals surface area contributed by atoms with Crippen LogP contribution in [0.5, 0.6) is 5.88 Å². The van der Waals surface area contributed by atoms with E-state index in [4.69, 9.17) is 9.47 Å². The third kappa shape index (κ3) is 6.48. The monoisotopic (exact) mass is 545 g/mol. The second-order valence-electron chi connectivity index (χ2n) is 8.42. The summed E-state index contributed by atoms with van der Waals surface area (Å²) in [5.41, 5.74) is -2.31. The third-order valence-corrected chi connectivity index (χ3v) is 5.34. The van der Waals surface area contributed by atoms with E-state index >= 15 is 0 Å². The van der Waals surface area contributed by atoms with Crippen molar-refractivity contribution in [2.45, 2.75) is 38.3 Å². The number of ether oxygens (including phenoxy) is 2. The molecule has 0 saturated carbocycles. The second kappa shape index (κ2) is 10.4. The molecule has 0 aliphatic carbocycles. The minimum atomic E-state index is -4.78. The van der Waals surface area contributed by atoms with Crippen molar-refractivity contribution < 1.29 is 40.6 Å². The lowest BCUT2D eigenvalue weighted by molar-refractivity contribution is -0.142. The number of hydrogen-bond donors (Lipinski definition) is 2. The quantitative estimate of drug-likeness (QED) is 0.448. The molecule has 0 radical (unpaired) electrons. The predicted molar refractivity (Wildman–Crippen MR) is 119 cm³/mol. The van der Waals surface area contributed by atoms with Gasteiger partial charge in [-0.3, -0.25) is 4.68 Å². The summed E-state index contributed by atoms with van der Waals surface area (Å²) in [5.74, 6) is -0.323. The highest BCUT2D eigenvalue weighted by Crippen LogP contribution is 2.36. The Hall–Kier alpha value is -3.95. The molecule has 204 valence electrons. The van der Waals surface area contributed by atoms with Crippen LogP contribution < -0.4 is 15.4 Å². The summed E-state index contributed by atoms with van der Waals surface area (Å²) in [4.78, 5) is 15.8. The van der Waals surface area contributed by atoms with E-state index < -0.39 is 35.9 Å². The molecule has 1 unspecified atom stereocenters. The maximum Gasteiger partial charge on any atom is 0.435 e. The van der Waals surface area contributed by atoms with Crippen LogP contribution >= 0.6 is 0 Å². The van der Waals surface area contributed by atoms with Crippen LogP contribution in [0, 0.1) is 6.92 Å². The lowest BCUT2D eigenvalue weighted by Gasteiger charge is -2.15. The zero-order valence-corrected chi connectivity index (χ0v) is 19.9. The molecule has 2 amide bonds. The van der Waals surface area contributed by atoms with Crippen molar-refractivity contribution in [3.05, 3.63) is 47.0 Å². The molecule has 1 aliphatic heterocycles. The van der Waals surface area contributed by atoms with E-state index in [1.54, 1.807) is 0 Å². The first-order valence-corrected chi connectivity index (χ1v) is 11.1. The summed E-state index contributed by atoms with van der Waals surface area (Å²) in [6.07, 6.45) is -8.28. The van der Waals surface area contributed by atoms with E-state index in [0.29, 0.717) is 24.7 Å². The van der Waals surface area contributed by atoms with Crippen LogP contribution in [-0.4, -0.2) is 50.3 Å². The number of amides is 2. The highest BCUT2D eigenvalue weighted by molar-refractivity contribution is 5.89. The average Bonchev–Trinajstić information content (AvgIpc) is 3.46. The second-order valence-corrected chi connectivity index (χ2v) is 8.42. The van der Waals surface area contributed by atoms with Crippen LogP contribution in [0.25, 0.3) is 11.3 Å². The van der Waals surface area contributed by atoms with Gasteiger partial charge in [0.2, 0.25) is 5.88 Å². The van der Waals surface area contributed by atoms with Crippen LogP contribution in [0.2, 0.25) is 0 Å². The lowest BCUT2D eigenvalue weighted by atomic mass is 10.1. The maximum atomic E-state index is 13.3. The van der Waals surface area contributed by atoms with Crippen molar-refractivity contribution in [1.82, 2.24) is 30.3 Å². The number of aryl methyl sites for hydroxylation is 2. The summed E-state index contributed by atoms with van der Waals surface area (Å²) >= 11 is 0. The van der Waals surface area contributed by atoms with Crippen LogP contribution in [0.4, 0.5) is 36.8 Å². The Morgan fingerprint density at radius 3 is 2.55 bits per heavy atom. The van der Waals surface area contributed by atoms with Gasteiger partial charge in [0, 0.05) is 31.4 Å². The van der Waals surface area contributed by atoms with Crippen molar-refractivity contribution in [3.63, 3.8) is 0 Å². The topological polar surface area (TPSA) is 116 Å². The van der Waals surface area contributed by atoms with Crippen LogP contribution in [-0.2, 0) is 30.7 Å². The van der Waals surface area contributed by atoms with E-state index in [2.05, 4.69) is 30.9 Å². The number of anilines is 1. The Kier molecular flexibility index (Phi) is 7.44. The standard InChI is InChI=1S/C22H21F6N7O3/c1-11-5-13(32-33-18(11)15-9-35(2)34-19(15)22(26,27)28)8-29-20(36)30-12-6-16(21(23,24)25)31-17(7-12)38-14-3-4-37-10-14/h5-7,9,14H,3-4,8,10H2,1-2H3,(H2,29,30,31,36). The first-order valence-electron chi connectivity index (χ1n) is 11.1. The number of halogens is 6. The number of carbonyl (C=O) groups excluding carboxylic acids is 1. The van der Waals surface area contributed by atoms with E-state index in [1.807, 2.05) is 0 Å². The zero-order valence-electron chi connectivity index (χ0n) is 19.9. The Morgan fingerprint density at radius 2 is 1.92 bits per heavy atom. The minimum Gasteiger partial charge on any atom is -0.472 e. The van der Waals surface area contributed by atoms with Gasteiger partial charge in [-0.25, -0.2) is 9.78 Å². The molecule has 1 fully saturated rings. The number of carbonyl (C=O) groups is 1. The van der Waals surface area contributed by atoms with Gasteiger partial charge in [0.25, 0.3) is 0 Å². The largest absolute Gasteiger partial charge is 0.472 e. The fourth-order valence-electron chi connectivity index (χ4n) is 3.67. The molecule has 16 heteroatoms. The van der Waals surface area contributed by atoms with Crippen molar-refractivity contribution in [2.75, 3.05) is 18.5 Å². The fraction of sp³-hybridized carbons (Fsp3) is 0.409. The molecule has 4 rings (SSSR count). The molecule has 2 N–H and O–H groups in total. The first-order chi connectivity index (χ1) is 17.8. The van der Waals surface area contributed by atoms with E-state index in [9.17, 15) is 31.1 Å². The van der Waals surface area contributed by atoms with Crippen molar-refractivity contribution >= 4 is 11.7 Å². The molecule has 4 heterocycles. The molecule has 3 aromatic rings. The number of rotatable bonds is 6. The predicted octanol–water partition coefficient (Wildman–Crippen LogP) is 4.11. The molecule has 38 heavy (non-hydrogen) atoms. The van der Waals surface area contributed by atoms with Gasteiger partial charge < -0.3 is 20.1 Å². The Morgan fingerprint density at radius 1 is 1.16 bits per heavy atom. The van der Waals surface area contributed by atoms with Gasteiger partial charge in [-0.05, 0) is 24.6 Å². The van der Waals surface area contributed by atoms with Gasteiger partial charge in [0.15, 0.2) is 11.4 Å². The Labute approximate surface area is 211 Å².